The van der Waals surface area contributed by atoms with Crippen LogP contribution in [0.2, 0.25) is 5.02 Å². The van der Waals surface area contributed by atoms with Crippen LogP contribution >= 0.6 is 11.6 Å². The van der Waals surface area contributed by atoms with Gasteiger partial charge in [0, 0.05) is 5.02 Å². The third kappa shape index (κ3) is 3.32. The molecule has 2 nitrogen and oxygen atoms in total. The second kappa shape index (κ2) is 6.15. The first-order chi connectivity index (χ1) is 9.11. The summed E-state index contributed by atoms with van der Waals surface area (Å²) in [6, 6.07) is 12.5. The monoisotopic (exact) mass is 278 g/mol. The van der Waals surface area contributed by atoms with Crippen molar-refractivity contribution in [2.75, 3.05) is 0 Å². The average molecular weight is 279 g/mol. The predicted octanol–water partition coefficient (Wildman–Crippen LogP) is 3.53. The van der Waals surface area contributed by atoms with Gasteiger partial charge in [0.25, 0.3) is 0 Å². The van der Waals surface area contributed by atoms with E-state index in [0.29, 0.717) is 17.0 Å². The quantitative estimate of drug-likeness (QED) is 0.663. The van der Waals surface area contributed by atoms with Crippen molar-refractivity contribution in [2.45, 2.75) is 19.4 Å². The van der Waals surface area contributed by atoms with Gasteiger partial charge in [0.15, 0.2) is 0 Å². The van der Waals surface area contributed by atoms with Gasteiger partial charge < -0.3 is 0 Å². The summed E-state index contributed by atoms with van der Waals surface area (Å²) >= 11 is 6.14. The van der Waals surface area contributed by atoms with Crippen molar-refractivity contribution in [3.63, 3.8) is 0 Å². The van der Waals surface area contributed by atoms with E-state index in [2.05, 4.69) is 5.43 Å². The summed E-state index contributed by atoms with van der Waals surface area (Å²) < 4.78 is 13.3. The Morgan fingerprint density at radius 3 is 2.63 bits per heavy atom. The Balaban J connectivity index is 2.25. The number of benzene rings is 2. The van der Waals surface area contributed by atoms with Gasteiger partial charge in [-0.15, -0.1) is 0 Å². The molecule has 4 heteroatoms. The van der Waals surface area contributed by atoms with Crippen LogP contribution in [-0.4, -0.2) is 0 Å². The van der Waals surface area contributed by atoms with Crippen molar-refractivity contribution < 1.29 is 4.39 Å². The van der Waals surface area contributed by atoms with E-state index in [4.69, 9.17) is 17.4 Å². The van der Waals surface area contributed by atoms with E-state index in [1.165, 1.54) is 6.07 Å². The van der Waals surface area contributed by atoms with E-state index in [-0.39, 0.29) is 11.9 Å². The molecule has 0 saturated heterocycles. The highest BCUT2D eigenvalue weighted by Gasteiger charge is 2.13. The van der Waals surface area contributed by atoms with Crippen LogP contribution in [0.1, 0.15) is 22.7 Å². The van der Waals surface area contributed by atoms with Gasteiger partial charge in [0.2, 0.25) is 0 Å². The molecule has 0 saturated carbocycles. The molecule has 1 unspecified atom stereocenters. The normalized spacial score (nSPS) is 12.4. The molecule has 2 aromatic carbocycles. The highest BCUT2D eigenvalue weighted by atomic mass is 35.5. The summed E-state index contributed by atoms with van der Waals surface area (Å²) in [7, 11) is 0. The Labute approximate surface area is 117 Å². The Hall–Kier alpha value is -1.42. The van der Waals surface area contributed by atoms with Gasteiger partial charge >= 0.3 is 0 Å². The molecule has 0 aliphatic rings. The van der Waals surface area contributed by atoms with Gasteiger partial charge in [-0.2, -0.15) is 0 Å². The average Bonchev–Trinajstić information content (AvgIpc) is 2.41. The zero-order chi connectivity index (χ0) is 13.8. The highest BCUT2D eigenvalue weighted by Crippen LogP contribution is 2.24. The fourth-order valence-corrected chi connectivity index (χ4v) is 2.25. The van der Waals surface area contributed by atoms with Crippen LogP contribution in [-0.2, 0) is 6.42 Å². The molecule has 100 valence electrons. The topological polar surface area (TPSA) is 38.0 Å². The summed E-state index contributed by atoms with van der Waals surface area (Å²) in [5, 5.41) is 0.710. The SMILES string of the molecule is Cc1cc(C(Cc2ccccc2Cl)NN)ccc1F. The Morgan fingerprint density at radius 1 is 1.26 bits per heavy atom. The molecule has 2 rings (SSSR count). The van der Waals surface area contributed by atoms with Crippen LogP contribution in [0, 0.1) is 12.7 Å². The van der Waals surface area contributed by atoms with E-state index >= 15 is 0 Å². The number of nitrogens with two attached hydrogens (primary N) is 1. The van der Waals surface area contributed by atoms with Crippen LogP contribution in [0.3, 0.4) is 0 Å². The number of hydrazine groups is 1. The molecule has 0 heterocycles. The molecule has 0 aliphatic carbocycles. The van der Waals surface area contributed by atoms with Gasteiger partial charge in [-0.3, -0.25) is 11.3 Å². The molecule has 0 fully saturated rings. The first-order valence-electron chi connectivity index (χ1n) is 6.07. The molecule has 0 amide bonds. The zero-order valence-corrected chi connectivity index (χ0v) is 11.4. The van der Waals surface area contributed by atoms with E-state index in [1.807, 2.05) is 24.3 Å². The van der Waals surface area contributed by atoms with Crippen molar-refractivity contribution in [3.05, 3.63) is 70.0 Å². The molecule has 19 heavy (non-hydrogen) atoms. The van der Waals surface area contributed by atoms with E-state index < -0.39 is 0 Å². The number of hydrogen-bond donors (Lipinski definition) is 2. The lowest BCUT2D eigenvalue weighted by atomic mass is 9.98. The summed E-state index contributed by atoms with van der Waals surface area (Å²) in [6.07, 6.45) is 0.654. The second-order valence-electron chi connectivity index (χ2n) is 4.52. The Kier molecular flexibility index (Phi) is 4.53. The lowest BCUT2D eigenvalue weighted by molar-refractivity contribution is 0.548. The number of halogens is 2. The van der Waals surface area contributed by atoms with Crippen LogP contribution in [0.15, 0.2) is 42.5 Å². The summed E-state index contributed by atoms with van der Waals surface area (Å²) in [5.74, 6) is 5.39. The van der Waals surface area contributed by atoms with Crippen LogP contribution in [0.5, 0.6) is 0 Å². The molecule has 0 spiro atoms. The van der Waals surface area contributed by atoms with Crippen LogP contribution < -0.4 is 11.3 Å². The summed E-state index contributed by atoms with van der Waals surface area (Å²) in [5.41, 5.74) is 5.32. The first-order valence-corrected chi connectivity index (χ1v) is 6.45. The van der Waals surface area contributed by atoms with E-state index in [1.54, 1.807) is 19.1 Å². The zero-order valence-electron chi connectivity index (χ0n) is 10.7. The molecule has 0 radical (unpaired) electrons. The van der Waals surface area contributed by atoms with Gasteiger partial charge in [-0.25, -0.2) is 4.39 Å². The predicted molar refractivity (Wildman–Crippen MR) is 76.4 cm³/mol. The molecular weight excluding hydrogens is 263 g/mol. The second-order valence-corrected chi connectivity index (χ2v) is 4.93. The highest BCUT2D eigenvalue weighted by molar-refractivity contribution is 6.31. The lowest BCUT2D eigenvalue weighted by Crippen LogP contribution is -2.29. The van der Waals surface area contributed by atoms with Crippen molar-refractivity contribution >= 4 is 11.6 Å². The molecule has 0 bridgehead atoms. The maximum absolute atomic E-state index is 13.3. The maximum Gasteiger partial charge on any atom is 0.126 e. The van der Waals surface area contributed by atoms with Crippen LogP contribution in [0.25, 0.3) is 0 Å². The molecule has 1 atom stereocenters. The number of aryl methyl sites for hydroxylation is 1. The van der Waals surface area contributed by atoms with Crippen molar-refractivity contribution in [2.24, 2.45) is 5.84 Å². The molecule has 3 N–H and O–H groups in total. The van der Waals surface area contributed by atoms with Crippen molar-refractivity contribution in [1.82, 2.24) is 5.43 Å². The number of hydrogen-bond acceptors (Lipinski definition) is 2. The molecule has 2 aromatic rings. The third-order valence-electron chi connectivity index (χ3n) is 3.17. The maximum atomic E-state index is 13.3. The Bertz CT molecular complexity index is 572. The molecule has 0 aromatic heterocycles. The fourth-order valence-electron chi connectivity index (χ4n) is 2.04. The van der Waals surface area contributed by atoms with E-state index in [9.17, 15) is 4.39 Å². The number of nitrogens with one attached hydrogen (secondary N) is 1. The first kappa shape index (κ1) is 14.0. The van der Waals surface area contributed by atoms with Crippen molar-refractivity contribution in [1.29, 1.82) is 0 Å². The summed E-state index contributed by atoms with van der Waals surface area (Å²) in [4.78, 5) is 0. The van der Waals surface area contributed by atoms with Gasteiger partial charge in [0.1, 0.15) is 5.82 Å². The standard InChI is InChI=1S/C15H16ClFN2/c1-10-8-12(6-7-14(10)17)15(19-18)9-11-4-2-3-5-13(11)16/h2-8,15,19H,9,18H2,1H3. The molecule has 0 aliphatic heterocycles. The summed E-state index contributed by atoms with van der Waals surface area (Å²) in [6.45, 7) is 1.74. The van der Waals surface area contributed by atoms with E-state index in [0.717, 1.165) is 11.1 Å². The molecular formula is C15H16ClFN2. The number of rotatable bonds is 4. The lowest BCUT2D eigenvalue weighted by Gasteiger charge is -2.18. The van der Waals surface area contributed by atoms with Crippen molar-refractivity contribution in [3.8, 4) is 0 Å². The third-order valence-corrected chi connectivity index (χ3v) is 3.54. The minimum atomic E-state index is -0.211. The fraction of sp³-hybridized carbons (Fsp3) is 0.200. The largest absolute Gasteiger partial charge is 0.271 e. The van der Waals surface area contributed by atoms with Gasteiger partial charge in [0.05, 0.1) is 6.04 Å². The Morgan fingerprint density at radius 2 is 2.00 bits per heavy atom. The smallest absolute Gasteiger partial charge is 0.126 e. The van der Waals surface area contributed by atoms with Gasteiger partial charge in [-0.1, -0.05) is 41.9 Å². The minimum Gasteiger partial charge on any atom is -0.271 e. The minimum absolute atomic E-state index is 0.0980. The van der Waals surface area contributed by atoms with Crippen LogP contribution in [0.4, 0.5) is 4.39 Å². The van der Waals surface area contributed by atoms with Gasteiger partial charge in [-0.05, 0) is 42.2 Å².